The van der Waals surface area contributed by atoms with Crippen LogP contribution in [0, 0.1) is 12.7 Å². The zero-order chi connectivity index (χ0) is 14.5. The number of benzene rings is 1. The maximum atomic E-state index is 13.0. The number of aromatic nitrogens is 1. The Kier molecular flexibility index (Phi) is 4.30. The molecule has 1 heterocycles. The smallest absolute Gasteiger partial charge is 0.339 e. The number of anilines is 1. The molecule has 0 unspecified atom stereocenters. The minimum atomic E-state index is -1.02. The van der Waals surface area contributed by atoms with Gasteiger partial charge in [-0.3, -0.25) is 4.98 Å². The lowest BCUT2D eigenvalue weighted by Crippen LogP contribution is -2.10. The number of halogens is 1. The maximum absolute atomic E-state index is 13.0. The first-order valence-electron chi connectivity index (χ1n) is 6.24. The molecular weight excluding hydrogens is 259 g/mol. The standard InChI is InChI=1S/C15H15FN2O2/c1-10-8-12(16)3-2-11(10)4-7-18-14-5-6-17-9-13(14)15(19)20/h2-3,5-6,8-9H,4,7H2,1H3,(H,17,18)(H,19,20). The molecule has 2 N–H and O–H groups in total. The maximum Gasteiger partial charge on any atom is 0.339 e. The van der Waals surface area contributed by atoms with Gasteiger partial charge in [0.25, 0.3) is 0 Å². The van der Waals surface area contributed by atoms with E-state index in [1.165, 1.54) is 24.5 Å². The van der Waals surface area contributed by atoms with Crippen LogP contribution in [-0.4, -0.2) is 22.6 Å². The van der Waals surface area contributed by atoms with Gasteiger partial charge in [0.1, 0.15) is 11.4 Å². The van der Waals surface area contributed by atoms with Crippen LogP contribution >= 0.6 is 0 Å². The Bertz CT molecular complexity index is 629. The molecule has 1 aromatic heterocycles. The van der Waals surface area contributed by atoms with Crippen molar-refractivity contribution in [1.29, 1.82) is 0 Å². The van der Waals surface area contributed by atoms with Crippen molar-refractivity contribution in [3.63, 3.8) is 0 Å². The van der Waals surface area contributed by atoms with Crippen LogP contribution in [0.15, 0.2) is 36.7 Å². The first kappa shape index (κ1) is 14.0. The van der Waals surface area contributed by atoms with Crippen molar-refractivity contribution in [1.82, 2.24) is 4.98 Å². The first-order valence-corrected chi connectivity index (χ1v) is 6.24. The molecule has 4 nitrogen and oxygen atoms in total. The second kappa shape index (κ2) is 6.14. The number of nitrogens with zero attached hydrogens (tertiary/aromatic N) is 1. The van der Waals surface area contributed by atoms with E-state index in [9.17, 15) is 9.18 Å². The summed E-state index contributed by atoms with van der Waals surface area (Å²) in [7, 11) is 0. The van der Waals surface area contributed by atoms with E-state index < -0.39 is 5.97 Å². The second-order valence-corrected chi connectivity index (χ2v) is 4.47. The summed E-state index contributed by atoms with van der Waals surface area (Å²) in [5.74, 6) is -1.26. The molecule has 0 aliphatic carbocycles. The Labute approximate surface area is 116 Å². The highest BCUT2D eigenvalue weighted by Crippen LogP contribution is 2.15. The van der Waals surface area contributed by atoms with Crippen LogP contribution in [0.3, 0.4) is 0 Å². The summed E-state index contributed by atoms with van der Waals surface area (Å²) in [4.78, 5) is 14.8. The highest BCUT2D eigenvalue weighted by atomic mass is 19.1. The van der Waals surface area contributed by atoms with Crippen molar-refractivity contribution >= 4 is 11.7 Å². The molecule has 0 spiro atoms. The van der Waals surface area contributed by atoms with Crippen LogP contribution in [0.5, 0.6) is 0 Å². The summed E-state index contributed by atoms with van der Waals surface area (Å²) < 4.78 is 13.0. The van der Waals surface area contributed by atoms with Gasteiger partial charge < -0.3 is 10.4 Å². The Morgan fingerprint density at radius 3 is 2.90 bits per heavy atom. The fourth-order valence-corrected chi connectivity index (χ4v) is 1.99. The molecule has 0 amide bonds. The Morgan fingerprint density at radius 1 is 1.40 bits per heavy atom. The van der Waals surface area contributed by atoms with Gasteiger partial charge in [0.15, 0.2) is 0 Å². The monoisotopic (exact) mass is 274 g/mol. The minimum Gasteiger partial charge on any atom is -0.478 e. The molecule has 0 aliphatic heterocycles. The van der Waals surface area contributed by atoms with Crippen molar-refractivity contribution in [3.8, 4) is 0 Å². The van der Waals surface area contributed by atoms with Gasteiger partial charge in [-0.15, -0.1) is 0 Å². The van der Waals surface area contributed by atoms with E-state index in [-0.39, 0.29) is 11.4 Å². The first-order chi connectivity index (χ1) is 9.58. The number of hydrogen-bond donors (Lipinski definition) is 2. The quantitative estimate of drug-likeness (QED) is 0.880. The predicted octanol–water partition coefficient (Wildman–Crippen LogP) is 2.88. The molecule has 0 saturated heterocycles. The number of aromatic carboxylic acids is 1. The average molecular weight is 274 g/mol. The molecule has 2 aromatic rings. The topological polar surface area (TPSA) is 62.2 Å². The Morgan fingerprint density at radius 2 is 2.20 bits per heavy atom. The van der Waals surface area contributed by atoms with E-state index in [0.29, 0.717) is 18.7 Å². The van der Waals surface area contributed by atoms with Gasteiger partial charge in [-0.1, -0.05) is 6.07 Å². The zero-order valence-electron chi connectivity index (χ0n) is 11.1. The molecule has 5 heteroatoms. The number of nitrogens with one attached hydrogen (secondary N) is 1. The van der Waals surface area contributed by atoms with Gasteiger partial charge in [-0.25, -0.2) is 9.18 Å². The fourth-order valence-electron chi connectivity index (χ4n) is 1.99. The Hall–Kier alpha value is -2.43. The minimum absolute atomic E-state index is 0.142. The largest absolute Gasteiger partial charge is 0.478 e. The molecule has 1 aromatic carbocycles. The number of aryl methyl sites for hydroxylation is 1. The fraction of sp³-hybridized carbons (Fsp3) is 0.200. The van der Waals surface area contributed by atoms with Gasteiger partial charge in [0.2, 0.25) is 0 Å². The highest BCUT2D eigenvalue weighted by Gasteiger charge is 2.09. The number of carboxylic acids is 1. The summed E-state index contributed by atoms with van der Waals surface area (Å²) in [5, 5.41) is 12.1. The van der Waals surface area contributed by atoms with Crippen LogP contribution in [-0.2, 0) is 6.42 Å². The molecule has 104 valence electrons. The summed E-state index contributed by atoms with van der Waals surface area (Å²) in [6.45, 7) is 2.42. The normalized spacial score (nSPS) is 10.3. The summed E-state index contributed by atoms with van der Waals surface area (Å²) in [6, 6.07) is 6.29. The number of rotatable bonds is 5. The summed E-state index contributed by atoms with van der Waals surface area (Å²) in [6.07, 6.45) is 3.54. The number of pyridine rings is 1. The van der Waals surface area contributed by atoms with Crippen molar-refractivity contribution in [2.75, 3.05) is 11.9 Å². The lowest BCUT2D eigenvalue weighted by atomic mass is 10.1. The average Bonchev–Trinajstić information content (AvgIpc) is 2.41. The molecule has 0 atom stereocenters. The zero-order valence-corrected chi connectivity index (χ0v) is 11.1. The van der Waals surface area contributed by atoms with Crippen LogP contribution in [0.1, 0.15) is 21.5 Å². The SMILES string of the molecule is Cc1cc(F)ccc1CCNc1ccncc1C(=O)O. The van der Waals surface area contributed by atoms with E-state index in [1.807, 2.05) is 6.92 Å². The summed E-state index contributed by atoms with van der Waals surface area (Å²) in [5.41, 5.74) is 2.60. The number of hydrogen-bond acceptors (Lipinski definition) is 3. The molecule has 0 fully saturated rings. The second-order valence-electron chi connectivity index (χ2n) is 4.47. The third kappa shape index (κ3) is 3.32. The molecule has 0 radical (unpaired) electrons. The number of carbonyl (C=O) groups is 1. The number of carboxylic acid groups (broad SMARTS) is 1. The lowest BCUT2D eigenvalue weighted by Gasteiger charge is -2.10. The highest BCUT2D eigenvalue weighted by molar-refractivity contribution is 5.93. The van der Waals surface area contributed by atoms with Crippen molar-refractivity contribution in [2.24, 2.45) is 0 Å². The van der Waals surface area contributed by atoms with Crippen LogP contribution in [0.4, 0.5) is 10.1 Å². The molecule has 0 bridgehead atoms. The molecule has 2 rings (SSSR count). The van der Waals surface area contributed by atoms with Crippen molar-refractivity contribution < 1.29 is 14.3 Å². The van der Waals surface area contributed by atoms with E-state index in [0.717, 1.165) is 11.1 Å². The molecule has 20 heavy (non-hydrogen) atoms. The van der Waals surface area contributed by atoms with Crippen LogP contribution < -0.4 is 5.32 Å². The van der Waals surface area contributed by atoms with Crippen molar-refractivity contribution in [2.45, 2.75) is 13.3 Å². The molecule has 0 saturated carbocycles. The van der Waals surface area contributed by atoms with Crippen LogP contribution in [0.25, 0.3) is 0 Å². The van der Waals surface area contributed by atoms with E-state index in [4.69, 9.17) is 5.11 Å². The lowest BCUT2D eigenvalue weighted by molar-refractivity contribution is 0.0697. The van der Waals surface area contributed by atoms with Gasteiger partial charge >= 0.3 is 5.97 Å². The Balaban J connectivity index is 2.01. The third-order valence-corrected chi connectivity index (χ3v) is 3.07. The van der Waals surface area contributed by atoms with E-state index >= 15 is 0 Å². The predicted molar refractivity (Wildman–Crippen MR) is 74.5 cm³/mol. The molecule has 0 aliphatic rings. The van der Waals surface area contributed by atoms with Gasteiger partial charge in [0.05, 0.1) is 5.69 Å². The van der Waals surface area contributed by atoms with E-state index in [1.54, 1.807) is 12.1 Å². The third-order valence-electron chi connectivity index (χ3n) is 3.07. The van der Waals surface area contributed by atoms with Crippen molar-refractivity contribution in [3.05, 3.63) is 59.2 Å². The van der Waals surface area contributed by atoms with Crippen LogP contribution in [0.2, 0.25) is 0 Å². The summed E-state index contributed by atoms with van der Waals surface area (Å²) >= 11 is 0. The van der Waals surface area contributed by atoms with Gasteiger partial charge in [0, 0.05) is 18.9 Å². The van der Waals surface area contributed by atoms with Gasteiger partial charge in [-0.05, 0) is 42.7 Å². The van der Waals surface area contributed by atoms with E-state index in [2.05, 4.69) is 10.3 Å². The van der Waals surface area contributed by atoms with Gasteiger partial charge in [-0.2, -0.15) is 0 Å². The molecular formula is C15H15FN2O2.